The van der Waals surface area contributed by atoms with Crippen LogP contribution in [0.2, 0.25) is 0 Å². The molecule has 0 unspecified atom stereocenters. The zero-order valence-corrected chi connectivity index (χ0v) is 11.5. The smallest absolute Gasteiger partial charge is 0.211 e. The van der Waals surface area contributed by atoms with Crippen LogP contribution in [0.25, 0.3) is 0 Å². The van der Waals surface area contributed by atoms with E-state index in [4.69, 9.17) is 5.26 Å². The van der Waals surface area contributed by atoms with Crippen LogP contribution in [0.15, 0.2) is 29.2 Å². The monoisotopic (exact) mass is 350 g/mol. The molecule has 0 spiro atoms. The third-order valence-electron chi connectivity index (χ3n) is 1.90. The third-order valence-corrected chi connectivity index (χ3v) is 4.14. The molecule has 0 radical (unpaired) electrons. The minimum Gasteiger partial charge on any atom is -0.211 e. The lowest BCUT2D eigenvalue weighted by atomic mass is 10.2. The van der Waals surface area contributed by atoms with Crippen molar-refractivity contribution in [2.45, 2.75) is 11.3 Å². The van der Waals surface area contributed by atoms with Crippen LogP contribution < -0.4 is 4.72 Å². The van der Waals surface area contributed by atoms with Crippen LogP contribution in [0.4, 0.5) is 0 Å². The number of halogens is 1. The van der Waals surface area contributed by atoms with Gasteiger partial charge in [-0.15, -0.1) is 0 Å². The second kappa shape index (κ2) is 6.18. The highest BCUT2D eigenvalue weighted by Gasteiger charge is 2.12. The topological polar surface area (TPSA) is 70.0 Å². The number of sulfonamides is 1. The SMILES string of the molecule is N#Cc1ccc(S(=O)(=O)NCCCI)cc1. The van der Waals surface area contributed by atoms with Crippen LogP contribution in [0.1, 0.15) is 12.0 Å². The predicted molar refractivity (Wildman–Crippen MR) is 69.8 cm³/mol. The predicted octanol–water partition coefficient (Wildman–Crippen LogP) is 1.66. The largest absolute Gasteiger partial charge is 0.240 e. The van der Waals surface area contributed by atoms with Crippen LogP contribution in [0, 0.1) is 11.3 Å². The minimum absolute atomic E-state index is 0.194. The molecule has 16 heavy (non-hydrogen) atoms. The summed E-state index contributed by atoms with van der Waals surface area (Å²) < 4.78 is 26.8. The lowest BCUT2D eigenvalue weighted by Gasteiger charge is -2.05. The van der Waals surface area contributed by atoms with Crippen molar-refractivity contribution in [3.05, 3.63) is 29.8 Å². The molecular formula is C10H11IN2O2S. The fourth-order valence-electron chi connectivity index (χ4n) is 1.07. The highest BCUT2D eigenvalue weighted by molar-refractivity contribution is 14.1. The summed E-state index contributed by atoms with van der Waals surface area (Å²) in [6, 6.07) is 7.80. The Bertz CT molecular complexity index is 477. The highest BCUT2D eigenvalue weighted by Crippen LogP contribution is 2.09. The van der Waals surface area contributed by atoms with E-state index in [2.05, 4.69) is 27.3 Å². The van der Waals surface area contributed by atoms with Crippen molar-refractivity contribution in [1.29, 1.82) is 5.26 Å². The first kappa shape index (κ1) is 13.4. The van der Waals surface area contributed by atoms with Gasteiger partial charge >= 0.3 is 0 Å². The van der Waals surface area contributed by atoms with E-state index in [0.29, 0.717) is 12.1 Å². The molecule has 1 N–H and O–H groups in total. The van der Waals surface area contributed by atoms with E-state index in [0.717, 1.165) is 10.8 Å². The Morgan fingerprint density at radius 1 is 1.31 bits per heavy atom. The quantitative estimate of drug-likeness (QED) is 0.499. The van der Waals surface area contributed by atoms with Gasteiger partial charge in [-0.25, -0.2) is 13.1 Å². The molecule has 0 aliphatic heterocycles. The van der Waals surface area contributed by atoms with Crippen molar-refractivity contribution >= 4 is 32.6 Å². The number of nitrogens with zero attached hydrogens (tertiary/aromatic N) is 1. The van der Waals surface area contributed by atoms with E-state index in [-0.39, 0.29) is 4.90 Å². The van der Waals surface area contributed by atoms with Crippen molar-refractivity contribution in [1.82, 2.24) is 4.72 Å². The summed E-state index contributed by atoms with van der Waals surface area (Å²) in [5, 5.41) is 8.59. The zero-order chi connectivity index (χ0) is 12.0. The maximum Gasteiger partial charge on any atom is 0.240 e. The average Bonchev–Trinajstić information content (AvgIpc) is 2.29. The Hall–Kier alpha value is -0.650. The molecule has 0 saturated heterocycles. The van der Waals surface area contributed by atoms with Gasteiger partial charge in [-0.1, -0.05) is 22.6 Å². The summed E-state index contributed by atoms with van der Waals surface area (Å²) in [5.74, 6) is 0. The molecule has 0 amide bonds. The maximum atomic E-state index is 11.7. The summed E-state index contributed by atoms with van der Waals surface area (Å²) in [7, 11) is -3.42. The Morgan fingerprint density at radius 3 is 2.44 bits per heavy atom. The summed E-state index contributed by atoms with van der Waals surface area (Å²) in [6.45, 7) is 0.436. The first-order chi connectivity index (χ1) is 7.60. The first-order valence-electron chi connectivity index (χ1n) is 4.66. The van der Waals surface area contributed by atoms with Crippen LogP contribution in [0.5, 0.6) is 0 Å². The van der Waals surface area contributed by atoms with Crippen LogP contribution >= 0.6 is 22.6 Å². The lowest BCUT2D eigenvalue weighted by Crippen LogP contribution is -2.24. The minimum atomic E-state index is -3.42. The molecule has 0 aliphatic carbocycles. The summed E-state index contributed by atoms with van der Waals surface area (Å²) in [4.78, 5) is 0.194. The van der Waals surface area contributed by atoms with Crippen molar-refractivity contribution in [2.75, 3.05) is 11.0 Å². The summed E-state index contributed by atoms with van der Waals surface area (Å²) in [5.41, 5.74) is 0.450. The molecule has 0 bridgehead atoms. The van der Waals surface area contributed by atoms with Gasteiger partial charge in [0.25, 0.3) is 0 Å². The maximum absolute atomic E-state index is 11.7. The molecule has 86 valence electrons. The van der Waals surface area contributed by atoms with E-state index < -0.39 is 10.0 Å². The lowest BCUT2D eigenvalue weighted by molar-refractivity contribution is 0.581. The van der Waals surface area contributed by atoms with E-state index in [1.807, 2.05) is 6.07 Å². The van der Waals surface area contributed by atoms with Gasteiger partial charge in [-0.2, -0.15) is 5.26 Å². The van der Waals surface area contributed by atoms with Crippen molar-refractivity contribution < 1.29 is 8.42 Å². The molecule has 0 heterocycles. The molecule has 4 nitrogen and oxygen atoms in total. The molecule has 0 aliphatic rings. The fourth-order valence-corrected chi connectivity index (χ4v) is 2.52. The van der Waals surface area contributed by atoms with Gasteiger partial charge in [0.1, 0.15) is 0 Å². The highest BCUT2D eigenvalue weighted by atomic mass is 127. The second-order valence-electron chi connectivity index (χ2n) is 3.08. The molecule has 1 rings (SSSR count). The van der Waals surface area contributed by atoms with E-state index in [1.54, 1.807) is 0 Å². The number of hydrogen-bond acceptors (Lipinski definition) is 3. The molecule has 0 aromatic heterocycles. The molecule has 0 fully saturated rings. The molecule has 6 heteroatoms. The van der Waals surface area contributed by atoms with Crippen LogP contribution in [0.3, 0.4) is 0 Å². The molecule has 0 atom stereocenters. The van der Waals surface area contributed by atoms with Gasteiger partial charge in [-0.05, 0) is 30.7 Å². The Kier molecular flexibility index (Phi) is 5.18. The number of hydrogen-bond donors (Lipinski definition) is 1. The first-order valence-corrected chi connectivity index (χ1v) is 7.67. The third kappa shape index (κ3) is 3.73. The summed E-state index contributed by atoms with van der Waals surface area (Å²) in [6.07, 6.45) is 0.802. The second-order valence-corrected chi connectivity index (χ2v) is 5.92. The van der Waals surface area contributed by atoms with Crippen molar-refractivity contribution in [2.24, 2.45) is 0 Å². The van der Waals surface area contributed by atoms with Crippen LogP contribution in [-0.4, -0.2) is 19.4 Å². The zero-order valence-electron chi connectivity index (χ0n) is 8.48. The molecular weight excluding hydrogens is 339 g/mol. The van der Waals surface area contributed by atoms with Gasteiger partial charge in [-0.3, -0.25) is 0 Å². The number of rotatable bonds is 5. The molecule has 1 aromatic carbocycles. The normalized spacial score (nSPS) is 11.0. The number of nitrogens with one attached hydrogen (secondary N) is 1. The molecule has 1 aromatic rings. The fraction of sp³-hybridized carbons (Fsp3) is 0.300. The van der Waals surface area contributed by atoms with Crippen LogP contribution in [-0.2, 0) is 10.0 Å². The van der Waals surface area contributed by atoms with Gasteiger partial charge in [0.2, 0.25) is 10.0 Å². The standard InChI is InChI=1S/C10H11IN2O2S/c11-6-1-7-13-16(14,15)10-4-2-9(8-12)3-5-10/h2-5,13H,1,6-7H2. The van der Waals surface area contributed by atoms with Crippen molar-refractivity contribution in [3.63, 3.8) is 0 Å². The number of alkyl halides is 1. The van der Waals surface area contributed by atoms with Gasteiger partial charge in [0, 0.05) is 11.0 Å². The van der Waals surface area contributed by atoms with E-state index in [9.17, 15) is 8.42 Å². The van der Waals surface area contributed by atoms with E-state index >= 15 is 0 Å². The van der Waals surface area contributed by atoms with E-state index in [1.165, 1.54) is 24.3 Å². The number of nitriles is 1. The van der Waals surface area contributed by atoms with Gasteiger partial charge in [0.05, 0.1) is 16.5 Å². The summed E-state index contributed by atoms with van der Waals surface area (Å²) >= 11 is 2.19. The van der Waals surface area contributed by atoms with Crippen molar-refractivity contribution in [3.8, 4) is 6.07 Å². The average molecular weight is 350 g/mol. The van der Waals surface area contributed by atoms with Gasteiger partial charge in [0.15, 0.2) is 0 Å². The Balaban J connectivity index is 2.79. The molecule has 0 saturated carbocycles. The van der Waals surface area contributed by atoms with Gasteiger partial charge < -0.3 is 0 Å². The number of benzene rings is 1. The Labute approximate surface area is 109 Å². The Morgan fingerprint density at radius 2 is 1.94 bits per heavy atom.